The fraction of sp³-hybridized carbons (Fsp3) is 0.667. The summed E-state index contributed by atoms with van der Waals surface area (Å²) in [6.45, 7) is 6.11. The van der Waals surface area contributed by atoms with Gasteiger partial charge >= 0.3 is 0 Å². The van der Waals surface area contributed by atoms with Crippen LogP contribution < -0.4 is 10.6 Å². The summed E-state index contributed by atoms with van der Waals surface area (Å²) in [6.07, 6.45) is 6.84. The third-order valence-corrected chi connectivity index (χ3v) is 4.50. The Balaban J connectivity index is 1.69. The van der Waals surface area contributed by atoms with E-state index in [0.29, 0.717) is 6.54 Å². The van der Waals surface area contributed by atoms with Crippen LogP contribution in [0.4, 0.5) is 0 Å². The van der Waals surface area contributed by atoms with E-state index in [-0.39, 0.29) is 0 Å². The van der Waals surface area contributed by atoms with Crippen LogP contribution in [-0.2, 0) is 6.54 Å². The molecule has 1 aromatic heterocycles. The van der Waals surface area contributed by atoms with Gasteiger partial charge in [-0.1, -0.05) is 32.3 Å². The minimum Gasteiger partial charge on any atom is -0.356 e. The average Bonchev–Trinajstić information content (AvgIpc) is 2.51. The maximum absolute atomic E-state index is 4.50. The first kappa shape index (κ1) is 16.8. The Labute approximate surface area is 134 Å². The average molecular weight is 302 g/mol. The molecule has 4 nitrogen and oxygen atoms in total. The minimum atomic E-state index is 0.710. The quantitative estimate of drug-likeness (QED) is 0.648. The fourth-order valence-corrected chi connectivity index (χ4v) is 3.31. The number of hydrogen-bond acceptors (Lipinski definition) is 2. The Hall–Kier alpha value is -1.58. The molecule has 0 aromatic carbocycles. The van der Waals surface area contributed by atoms with Crippen LogP contribution in [0.5, 0.6) is 0 Å². The lowest BCUT2D eigenvalue weighted by molar-refractivity contribution is 0.270. The maximum atomic E-state index is 4.50. The molecule has 1 aromatic rings. The highest BCUT2D eigenvalue weighted by molar-refractivity contribution is 5.79. The van der Waals surface area contributed by atoms with Gasteiger partial charge in [0.05, 0.1) is 12.2 Å². The molecule has 4 heteroatoms. The van der Waals surface area contributed by atoms with Crippen LogP contribution in [0, 0.1) is 18.8 Å². The van der Waals surface area contributed by atoms with Crippen LogP contribution >= 0.6 is 0 Å². The van der Waals surface area contributed by atoms with Crippen molar-refractivity contribution in [2.24, 2.45) is 16.8 Å². The highest BCUT2D eigenvalue weighted by Crippen LogP contribution is 2.30. The topological polar surface area (TPSA) is 49.3 Å². The smallest absolute Gasteiger partial charge is 0.191 e. The monoisotopic (exact) mass is 302 g/mol. The second kappa shape index (κ2) is 8.76. The number of nitrogens with one attached hydrogen (secondary N) is 2. The zero-order chi connectivity index (χ0) is 15.8. The molecule has 2 rings (SSSR count). The molecule has 0 aliphatic heterocycles. The van der Waals surface area contributed by atoms with E-state index in [0.717, 1.165) is 35.7 Å². The summed E-state index contributed by atoms with van der Waals surface area (Å²) in [6, 6.07) is 6.10. The maximum Gasteiger partial charge on any atom is 0.191 e. The van der Waals surface area contributed by atoms with Gasteiger partial charge in [0.25, 0.3) is 0 Å². The number of nitrogens with zero attached hydrogens (tertiary/aromatic N) is 2. The van der Waals surface area contributed by atoms with Gasteiger partial charge in [0.1, 0.15) is 0 Å². The van der Waals surface area contributed by atoms with Gasteiger partial charge in [-0.25, -0.2) is 0 Å². The molecule has 1 fully saturated rings. The Morgan fingerprint density at radius 2 is 2.18 bits per heavy atom. The van der Waals surface area contributed by atoms with E-state index in [1.54, 1.807) is 0 Å². The van der Waals surface area contributed by atoms with Crippen molar-refractivity contribution < 1.29 is 0 Å². The third-order valence-electron chi connectivity index (χ3n) is 4.50. The van der Waals surface area contributed by atoms with Gasteiger partial charge in [-0.3, -0.25) is 9.98 Å². The summed E-state index contributed by atoms with van der Waals surface area (Å²) in [4.78, 5) is 8.79. The molecule has 2 atom stereocenters. The second-order valence-electron chi connectivity index (χ2n) is 6.55. The zero-order valence-corrected chi connectivity index (χ0v) is 14.2. The molecular weight excluding hydrogens is 272 g/mol. The van der Waals surface area contributed by atoms with Crippen LogP contribution in [0.3, 0.4) is 0 Å². The molecule has 22 heavy (non-hydrogen) atoms. The Bertz CT molecular complexity index is 484. The summed E-state index contributed by atoms with van der Waals surface area (Å²) < 4.78 is 0. The summed E-state index contributed by atoms with van der Waals surface area (Å²) in [5.74, 6) is 2.66. The molecule has 1 aliphatic rings. The van der Waals surface area contributed by atoms with Gasteiger partial charge in [0.2, 0.25) is 0 Å². The number of guanidine groups is 1. The summed E-state index contributed by atoms with van der Waals surface area (Å²) in [7, 11) is 1.82. The van der Waals surface area contributed by atoms with Gasteiger partial charge in [0, 0.05) is 19.3 Å². The van der Waals surface area contributed by atoms with Crippen molar-refractivity contribution >= 4 is 5.96 Å². The normalized spacial score (nSPS) is 22.4. The number of hydrogen-bond donors (Lipinski definition) is 2. The first-order chi connectivity index (χ1) is 10.7. The summed E-state index contributed by atoms with van der Waals surface area (Å²) in [5, 5.41) is 6.76. The third kappa shape index (κ3) is 5.66. The molecule has 2 N–H and O–H groups in total. The van der Waals surface area contributed by atoms with Crippen LogP contribution in [-0.4, -0.2) is 24.5 Å². The van der Waals surface area contributed by atoms with Gasteiger partial charge in [-0.15, -0.1) is 0 Å². The number of aliphatic imine (C=N–C) groups is 1. The van der Waals surface area contributed by atoms with Crippen molar-refractivity contribution in [2.45, 2.75) is 52.5 Å². The van der Waals surface area contributed by atoms with E-state index in [9.17, 15) is 0 Å². The molecule has 1 saturated carbocycles. The van der Waals surface area contributed by atoms with Crippen LogP contribution in [0.1, 0.15) is 50.4 Å². The molecule has 2 unspecified atom stereocenters. The van der Waals surface area contributed by atoms with Gasteiger partial charge in [0.15, 0.2) is 5.96 Å². The van der Waals surface area contributed by atoms with Gasteiger partial charge in [-0.05, 0) is 43.7 Å². The molecular formula is C18H30N4. The highest BCUT2D eigenvalue weighted by atomic mass is 15.2. The van der Waals surface area contributed by atoms with Crippen molar-refractivity contribution in [3.63, 3.8) is 0 Å². The lowest BCUT2D eigenvalue weighted by Gasteiger charge is -2.26. The zero-order valence-electron chi connectivity index (χ0n) is 14.2. The van der Waals surface area contributed by atoms with Gasteiger partial charge in [-0.2, -0.15) is 0 Å². The summed E-state index contributed by atoms with van der Waals surface area (Å²) in [5.41, 5.74) is 2.10. The van der Waals surface area contributed by atoms with E-state index in [1.165, 1.54) is 32.1 Å². The summed E-state index contributed by atoms with van der Waals surface area (Å²) >= 11 is 0. The van der Waals surface area contributed by atoms with E-state index in [2.05, 4.69) is 27.5 Å². The molecule has 0 bridgehead atoms. The lowest BCUT2D eigenvalue weighted by atomic mass is 9.81. The van der Waals surface area contributed by atoms with Crippen molar-refractivity contribution in [3.05, 3.63) is 29.6 Å². The molecule has 0 radical (unpaired) electrons. The van der Waals surface area contributed by atoms with Gasteiger partial charge < -0.3 is 10.6 Å². The first-order valence-corrected chi connectivity index (χ1v) is 8.54. The number of aromatic nitrogens is 1. The molecule has 1 aliphatic carbocycles. The molecule has 0 amide bonds. The number of pyridine rings is 1. The molecule has 1 heterocycles. The largest absolute Gasteiger partial charge is 0.356 e. The van der Waals surface area contributed by atoms with E-state index < -0.39 is 0 Å². The first-order valence-electron chi connectivity index (χ1n) is 8.54. The molecule has 0 saturated heterocycles. The van der Waals surface area contributed by atoms with Crippen LogP contribution in [0.15, 0.2) is 23.2 Å². The second-order valence-corrected chi connectivity index (χ2v) is 6.55. The SMILES string of the molecule is CN=C(NCCC1CCCC(C)C1)NCc1cccc(C)n1. The van der Waals surface area contributed by atoms with Crippen LogP contribution in [0.2, 0.25) is 0 Å². The Morgan fingerprint density at radius 3 is 2.91 bits per heavy atom. The predicted molar refractivity (Wildman–Crippen MR) is 92.9 cm³/mol. The fourth-order valence-electron chi connectivity index (χ4n) is 3.31. The lowest BCUT2D eigenvalue weighted by Crippen LogP contribution is -2.38. The molecule has 0 spiro atoms. The van der Waals surface area contributed by atoms with E-state index in [4.69, 9.17) is 0 Å². The number of aryl methyl sites for hydroxylation is 1. The predicted octanol–water partition coefficient (Wildman–Crippen LogP) is 3.27. The number of rotatable bonds is 5. The highest BCUT2D eigenvalue weighted by Gasteiger charge is 2.18. The van der Waals surface area contributed by atoms with Crippen molar-refractivity contribution in [3.8, 4) is 0 Å². The van der Waals surface area contributed by atoms with E-state index >= 15 is 0 Å². The van der Waals surface area contributed by atoms with Crippen molar-refractivity contribution in [2.75, 3.05) is 13.6 Å². The van der Waals surface area contributed by atoms with Crippen molar-refractivity contribution in [1.82, 2.24) is 15.6 Å². The van der Waals surface area contributed by atoms with Crippen LogP contribution in [0.25, 0.3) is 0 Å². The minimum absolute atomic E-state index is 0.710. The Morgan fingerprint density at radius 1 is 1.32 bits per heavy atom. The molecule has 122 valence electrons. The standard InChI is InChI=1S/C18H30N4/c1-14-6-4-8-16(12-14)10-11-20-18(19-3)21-13-17-9-5-7-15(2)22-17/h5,7,9,14,16H,4,6,8,10-13H2,1-3H3,(H2,19,20,21). The van der Waals surface area contributed by atoms with E-state index in [1.807, 2.05) is 32.2 Å². The Kier molecular flexibility index (Phi) is 6.69. The van der Waals surface area contributed by atoms with Crippen molar-refractivity contribution in [1.29, 1.82) is 0 Å².